The van der Waals surface area contributed by atoms with Crippen molar-refractivity contribution in [2.75, 3.05) is 47.5 Å². The molecule has 0 aromatic rings. The van der Waals surface area contributed by atoms with Crippen LogP contribution in [0, 0.1) is 0 Å². The van der Waals surface area contributed by atoms with E-state index in [1.165, 1.54) is 103 Å². The van der Waals surface area contributed by atoms with Gasteiger partial charge in [0.1, 0.15) is 19.8 Å². The number of epoxide rings is 1. The number of phosphoric acid groups is 1. The Labute approximate surface area is 373 Å². The highest BCUT2D eigenvalue weighted by molar-refractivity contribution is 7.45. The van der Waals surface area contributed by atoms with E-state index in [1.807, 2.05) is 27.2 Å². The summed E-state index contributed by atoms with van der Waals surface area (Å²) in [5.74, 6) is -0.907. The van der Waals surface area contributed by atoms with E-state index >= 15 is 0 Å². The smallest absolute Gasteiger partial charge is 0.306 e. The first-order valence-corrected chi connectivity index (χ1v) is 25.9. The Bertz CT molecular complexity index is 1240. The van der Waals surface area contributed by atoms with Gasteiger partial charge in [-0.2, -0.15) is 0 Å². The van der Waals surface area contributed by atoms with Crippen LogP contribution in [0.1, 0.15) is 194 Å². The molecule has 61 heavy (non-hydrogen) atoms. The van der Waals surface area contributed by atoms with Crippen molar-refractivity contribution in [3.8, 4) is 0 Å². The number of nitrogens with zero attached hydrogens (tertiary/aromatic N) is 1. The Balaban J connectivity index is 2.27. The molecule has 0 N–H and O–H groups in total. The van der Waals surface area contributed by atoms with Gasteiger partial charge in [-0.3, -0.25) is 14.2 Å². The quantitative estimate of drug-likeness (QED) is 0.0147. The lowest BCUT2D eigenvalue weighted by Gasteiger charge is -2.28. The number of quaternary nitrogens is 1. The highest BCUT2D eigenvalue weighted by Crippen LogP contribution is 2.38. The summed E-state index contributed by atoms with van der Waals surface area (Å²) in [7, 11) is 1.12. The van der Waals surface area contributed by atoms with Crippen LogP contribution < -0.4 is 4.89 Å². The van der Waals surface area contributed by atoms with Crippen LogP contribution in [0.25, 0.3) is 0 Å². The molecule has 0 amide bonds. The molecule has 1 saturated heterocycles. The Hall–Kier alpha value is -2.07. The molecule has 11 heteroatoms. The average Bonchev–Trinajstić information content (AvgIpc) is 3.97. The Morgan fingerprint density at radius 3 is 1.66 bits per heavy atom. The molecule has 0 radical (unpaired) electrons. The molecular weight excluding hydrogens is 790 g/mol. The lowest BCUT2D eigenvalue weighted by atomic mass is 10.1. The van der Waals surface area contributed by atoms with E-state index in [1.54, 1.807) is 0 Å². The van der Waals surface area contributed by atoms with Crippen molar-refractivity contribution in [1.82, 2.24) is 0 Å². The standard InChI is InChI=1S/C50H90NO9P/c1-6-8-10-12-14-15-16-17-18-19-20-21-22-23-24-25-28-32-36-40-49(52)56-44-46(45-58-61(54,55)57-43-42-51(3,4)5)59-50(53)41-37-33-29-26-27-31-35-39-48-47(60-48)38-34-30-13-11-9-7-2/h17-18,26,29-31,34-35,46-48H,6-16,19-25,27-28,32-33,36-45H2,1-5H3/b18-17-,29-26-,34-30-,35-31-/t46-,47?,48?/m1/s1. The molecule has 0 spiro atoms. The predicted octanol–water partition coefficient (Wildman–Crippen LogP) is 12.6. The number of likely N-dealkylation sites (N-methyl/N-ethyl adjacent to an activating group) is 1. The summed E-state index contributed by atoms with van der Waals surface area (Å²) >= 11 is 0. The number of ether oxygens (including phenoxy) is 3. The molecule has 0 aromatic heterocycles. The van der Waals surface area contributed by atoms with Crippen molar-refractivity contribution in [3.63, 3.8) is 0 Å². The van der Waals surface area contributed by atoms with Gasteiger partial charge < -0.3 is 32.6 Å². The van der Waals surface area contributed by atoms with Crippen molar-refractivity contribution in [2.45, 2.75) is 212 Å². The van der Waals surface area contributed by atoms with Crippen LogP contribution in [0.2, 0.25) is 0 Å². The normalized spacial score (nSPS) is 17.2. The fourth-order valence-corrected chi connectivity index (χ4v) is 7.47. The van der Waals surface area contributed by atoms with Crippen molar-refractivity contribution >= 4 is 19.8 Å². The van der Waals surface area contributed by atoms with E-state index in [2.05, 4.69) is 56.4 Å². The first-order valence-electron chi connectivity index (χ1n) is 24.5. The van der Waals surface area contributed by atoms with Gasteiger partial charge >= 0.3 is 11.9 Å². The van der Waals surface area contributed by atoms with E-state index in [0.717, 1.165) is 51.4 Å². The Morgan fingerprint density at radius 2 is 1.05 bits per heavy atom. The second kappa shape index (κ2) is 38.4. The number of hydrogen-bond donors (Lipinski definition) is 0. The van der Waals surface area contributed by atoms with Crippen LogP contribution in [-0.2, 0) is 37.4 Å². The van der Waals surface area contributed by atoms with Crippen LogP contribution in [0.15, 0.2) is 48.6 Å². The summed E-state index contributed by atoms with van der Waals surface area (Å²) in [6, 6.07) is 0. The maximum absolute atomic E-state index is 12.7. The van der Waals surface area contributed by atoms with Gasteiger partial charge in [0.05, 0.1) is 40.0 Å². The minimum atomic E-state index is -4.65. The number of hydrogen-bond acceptors (Lipinski definition) is 9. The third-order valence-corrected chi connectivity index (χ3v) is 11.7. The molecule has 1 fully saturated rings. The first-order chi connectivity index (χ1) is 29.5. The van der Waals surface area contributed by atoms with Crippen LogP contribution in [0.3, 0.4) is 0 Å². The van der Waals surface area contributed by atoms with E-state index in [0.29, 0.717) is 36.1 Å². The van der Waals surface area contributed by atoms with Crippen molar-refractivity contribution < 1.29 is 46.8 Å². The molecule has 0 saturated carbocycles. The fraction of sp³-hybridized carbons (Fsp3) is 0.800. The third-order valence-electron chi connectivity index (χ3n) is 10.7. The van der Waals surface area contributed by atoms with Gasteiger partial charge in [0.25, 0.3) is 7.82 Å². The summed E-state index contributed by atoms with van der Waals surface area (Å²) in [4.78, 5) is 37.7. The number of unbranched alkanes of at least 4 members (excludes halogenated alkanes) is 19. The first kappa shape index (κ1) is 56.9. The van der Waals surface area contributed by atoms with Crippen molar-refractivity contribution in [1.29, 1.82) is 0 Å². The predicted molar refractivity (Wildman–Crippen MR) is 249 cm³/mol. The number of carbonyl (C=O) groups excluding carboxylic acids is 2. The molecule has 0 bridgehead atoms. The van der Waals surface area contributed by atoms with Crippen molar-refractivity contribution in [3.05, 3.63) is 48.6 Å². The monoisotopic (exact) mass is 880 g/mol. The zero-order valence-corrected chi connectivity index (χ0v) is 40.4. The van der Waals surface area contributed by atoms with E-state index in [4.69, 9.17) is 23.3 Å². The highest BCUT2D eigenvalue weighted by atomic mass is 31.2. The summed E-state index contributed by atoms with van der Waals surface area (Å²) in [6.07, 6.45) is 47.4. The number of esters is 2. The molecule has 0 aliphatic carbocycles. The lowest BCUT2D eigenvalue weighted by Crippen LogP contribution is -2.37. The van der Waals surface area contributed by atoms with Crippen LogP contribution >= 0.6 is 7.82 Å². The molecule has 354 valence electrons. The minimum Gasteiger partial charge on any atom is -0.756 e. The zero-order valence-electron chi connectivity index (χ0n) is 39.5. The molecule has 0 aromatic carbocycles. The molecule has 3 unspecified atom stereocenters. The Morgan fingerprint density at radius 1 is 0.590 bits per heavy atom. The van der Waals surface area contributed by atoms with E-state index < -0.39 is 32.5 Å². The molecule has 1 rings (SSSR count). The topological polar surface area (TPSA) is 124 Å². The average molecular weight is 880 g/mol. The van der Waals surface area contributed by atoms with Gasteiger partial charge in [0.2, 0.25) is 0 Å². The van der Waals surface area contributed by atoms with E-state index in [9.17, 15) is 19.0 Å². The second-order valence-electron chi connectivity index (χ2n) is 17.9. The molecule has 4 atom stereocenters. The zero-order chi connectivity index (χ0) is 44.7. The van der Waals surface area contributed by atoms with Crippen molar-refractivity contribution in [2.24, 2.45) is 0 Å². The third kappa shape index (κ3) is 39.3. The molecular formula is C50H90NO9P. The summed E-state index contributed by atoms with van der Waals surface area (Å²) in [5, 5.41) is 0. The van der Waals surface area contributed by atoms with Gasteiger partial charge in [-0.05, 0) is 77.0 Å². The minimum absolute atomic E-state index is 0.0448. The Kier molecular flexibility index (Phi) is 35.8. The largest absolute Gasteiger partial charge is 0.756 e. The summed E-state index contributed by atoms with van der Waals surface area (Å²) in [5.41, 5.74) is 0. The van der Waals surface area contributed by atoms with Gasteiger partial charge in [0.15, 0.2) is 6.10 Å². The highest BCUT2D eigenvalue weighted by Gasteiger charge is 2.36. The fourth-order valence-electron chi connectivity index (χ4n) is 6.74. The SMILES string of the molecule is CCCCC/C=C\CC1OC1C/C=C\C/C=C\CCCC(=O)O[C@H](COC(=O)CCCCCCCCCCC/C=C\CCCCCCCC)COP(=O)([O-])OCC[N+](C)(C)C. The molecule has 1 heterocycles. The number of rotatable bonds is 43. The van der Waals surface area contributed by atoms with Gasteiger partial charge in [0, 0.05) is 12.8 Å². The number of phosphoric ester groups is 1. The number of carbonyl (C=O) groups is 2. The van der Waals surface area contributed by atoms with Crippen LogP contribution in [0.5, 0.6) is 0 Å². The second-order valence-corrected chi connectivity index (χ2v) is 19.3. The van der Waals surface area contributed by atoms with Crippen LogP contribution in [0.4, 0.5) is 0 Å². The molecule has 1 aliphatic heterocycles. The summed E-state index contributed by atoms with van der Waals surface area (Å²) < 4.78 is 39.7. The molecule has 10 nitrogen and oxygen atoms in total. The maximum atomic E-state index is 12.7. The summed E-state index contributed by atoms with van der Waals surface area (Å²) in [6.45, 7) is 4.12. The molecule has 1 aliphatic rings. The number of allylic oxidation sites excluding steroid dienone is 6. The van der Waals surface area contributed by atoms with Gasteiger partial charge in [-0.1, -0.05) is 152 Å². The van der Waals surface area contributed by atoms with E-state index in [-0.39, 0.29) is 26.1 Å². The van der Waals surface area contributed by atoms with Crippen LogP contribution in [-0.4, -0.2) is 82.2 Å². The van der Waals surface area contributed by atoms with Gasteiger partial charge in [-0.25, -0.2) is 0 Å². The van der Waals surface area contributed by atoms with Gasteiger partial charge in [-0.15, -0.1) is 0 Å². The lowest BCUT2D eigenvalue weighted by molar-refractivity contribution is -0.870. The maximum Gasteiger partial charge on any atom is 0.306 e.